The van der Waals surface area contributed by atoms with Gasteiger partial charge in [0, 0.05) is 18.5 Å². The molecule has 4 heteroatoms. The Morgan fingerprint density at radius 3 is 2.54 bits per heavy atom. The molecular formula is C20H25N3O. The zero-order chi connectivity index (χ0) is 17.0. The van der Waals surface area contributed by atoms with E-state index >= 15 is 0 Å². The maximum absolute atomic E-state index is 5.79. The lowest BCUT2D eigenvalue weighted by Crippen LogP contribution is -2.21. The second-order valence-electron chi connectivity index (χ2n) is 7.02. The number of ether oxygens (including phenoxy) is 1. The zero-order valence-corrected chi connectivity index (χ0v) is 14.6. The van der Waals surface area contributed by atoms with E-state index in [0.29, 0.717) is 6.61 Å². The van der Waals surface area contributed by atoms with Gasteiger partial charge in [-0.3, -0.25) is 5.10 Å². The number of rotatable bonds is 6. The summed E-state index contributed by atoms with van der Waals surface area (Å²) in [5, 5.41) is 11.9. The van der Waals surface area contributed by atoms with Gasteiger partial charge in [0.2, 0.25) is 0 Å². The van der Waals surface area contributed by atoms with Gasteiger partial charge in [0.25, 0.3) is 0 Å². The Morgan fingerprint density at radius 2 is 1.79 bits per heavy atom. The fraction of sp³-hybridized carbons (Fsp3) is 0.350. The highest BCUT2D eigenvalue weighted by molar-refractivity contribution is 5.81. The minimum atomic E-state index is 0.174. The molecule has 24 heavy (non-hydrogen) atoms. The predicted molar refractivity (Wildman–Crippen MR) is 98.4 cm³/mol. The van der Waals surface area contributed by atoms with Gasteiger partial charge in [-0.25, -0.2) is 0 Å². The lowest BCUT2D eigenvalue weighted by Gasteiger charge is -2.19. The van der Waals surface area contributed by atoms with Gasteiger partial charge in [-0.05, 0) is 29.2 Å². The molecule has 2 N–H and O–H groups in total. The molecule has 0 atom stereocenters. The van der Waals surface area contributed by atoms with Crippen LogP contribution in [-0.2, 0) is 12.0 Å². The van der Waals surface area contributed by atoms with Gasteiger partial charge in [-0.1, -0.05) is 51.1 Å². The van der Waals surface area contributed by atoms with Gasteiger partial charge < -0.3 is 10.1 Å². The van der Waals surface area contributed by atoms with Gasteiger partial charge in [-0.15, -0.1) is 0 Å². The van der Waals surface area contributed by atoms with Crippen LogP contribution in [0.4, 0.5) is 0 Å². The van der Waals surface area contributed by atoms with Crippen LogP contribution in [0.5, 0.6) is 5.75 Å². The van der Waals surface area contributed by atoms with E-state index in [9.17, 15) is 0 Å². The lowest BCUT2D eigenvalue weighted by atomic mass is 9.87. The smallest absolute Gasteiger partial charge is 0.119 e. The highest BCUT2D eigenvalue weighted by Gasteiger charge is 2.12. The van der Waals surface area contributed by atoms with Crippen LogP contribution in [0.15, 0.2) is 48.5 Å². The number of aromatic nitrogens is 2. The first-order valence-corrected chi connectivity index (χ1v) is 8.40. The molecule has 1 heterocycles. The first-order valence-electron chi connectivity index (χ1n) is 8.40. The summed E-state index contributed by atoms with van der Waals surface area (Å²) in [5.74, 6) is 0.914. The molecule has 0 aliphatic carbocycles. The number of hydrogen-bond acceptors (Lipinski definition) is 3. The lowest BCUT2D eigenvalue weighted by molar-refractivity contribution is 0.313. The van der Waals surface area contributed by atoms with Gasteiger partial charge in [0.15, 0.2) is 0 Å². The molecule has 3 rings (SSSR count). The number of aromatic amines is 1. The van der Waals surface area contributed by atoms with Gasteiger partial charge >= 0.3 is 0 Å². The highest BCUT2D eigenvalue weighted by Crippen LogP contribution is 2.24. The largest absolute Gasteiger partial charge is 0.492 e. The van der Waals surface area contributed by atoms with Gasteiger partial charge in [0.1, 0.15) is 12.4 Å². The Balaban J connectivity index is 1.44. The summed E-state index contributed by atoms with van der Waals surface area (Å²) < 4.78 is 5.79. The minimum absolute atomic E-state index is 0.174. The molecule has 0 amide bonds. The fourth-order valence-corrected chi connectivity index (χ4v) is 2.65. The Hall–Kier alpha value is -2.33. The maximum atomic E-state index is 5.79. The number of hydrogen-bond donors (Lipinski definition) is 2. The molecule has 0 radical (unpaired) electrons. The normalized spacial score (nSPS) is 11.8. The van der Waals surface area contributed by atoms with E-state index in [4.69, 9.17) is 4.74 Å². The summed E-state index contributed by atoms with van der Waals surface area (Å²) in [4.78, 5) is 0. The summed E-state index contributed by atoms with van der Waals surface area (Å²) in [6, 6.07) is 16.5. The van der Waals surface area contributed by atoms with Crippen LogP contribution in [0.2, 0.25) is 0 Å². The van der Waals surface area contributed by atoms with E-state index in [1.54, 1.807) is 0 Å². The van der Waals surface area contributed by atoms with Crippen LogP contribution in [0.1, 0.15) is 32.0 Å². The second-order valence-corrected chi connectivity index (χ2v) is 7.02. The number of fused-ring (bicyclic) bond motifs is 1. The van der Waals surface area contributed by atoms with Crippen molar-refractivity contribution in [2.24, 2.45) is 0 Å². The number of benzene rings is 2. The van der Waals surface area contributed by atoms with Gasteiger partial charge in [0.05, 0.1) is 11.2 Å². The van der Waals surface area contributed by atoms with E-state index in [0.717, 1.165) is 30.0 Å². The van der Waals surface area contributed by atoms with Crippen LogP contribution in [-0.4, -0.2) is 23.3 Å². The summed E-state index contributed by atoms with van der Waals surface area (Å²) >= 11 is 0. The quantitative estimate of drug-likeness (QED) is 0.673. The minimum Gasteiger partial charge on any atom is -0.492 e. The molecule has 0 unspecified atom stereocenters. The van der Waals surface area contributed by atoms with Crippen molar-refractivity contribution < 1.29 is 4.74 Å². The molecule has 0 saturated carbocycles. The topological polar surface area (TPSA) is 49.9 Å². The average molecular weight is 323 g/mol. The van der Waals surface area contributed by atoms with E-state index in [2.05, 4.69) is 54.5 Å². The molecule has 126 valence electrons. The van der Waals surface area contributed by atoms with Crippen LogP contribution in [0.25, 0.3) is 10.9 Å². The number of H-pyrrole nitrogens is 1. The summed E-state index contributed by atoms with van der Waals surface area (Å²) in [6.45, 7) is 8.83. The van der Waals surface area contributed by atoms with Crippen molar-refractivity contribution in [3.63, 3.8) is 0 Å². The third-order valence-electron chi connectivity index (χ3n) is 4.11. The van der Waals surface area contributed by atoms with Crippen molar-refractivity contribution in [3.05, 3.63) is 59.8 Å². The van der Waals surface area contributed by atoms with Crippen molar-refractivity contribution in [3.8, 4) is 5.75 Å². The summed E-state index contributed by atoms with van der Waals surface area (Å²) in [7, 11) is 0. The average Bonchev–Trinajstić information content (AvgIpc) is 2.97. The SMILES string of the molecule is CC(C)(C)c1ccc(OCCNCc2[nH]nc3ccccc23)cc1. The molecule has 0 aliphatic rings. The van der Waals surface area contributed by atoms with Crippen LogP contribution in [0, 0.1) is 0 Å². The Kier molecular flexibility index (Phi) is 4.86. The molecule has 0 bridgehead atoms. The molecule has 0 aliphatic heterocycles. The first-order chi connectivity index (χ1) is 11.5. The third-order valence-corrected chi connectivity index (χ3v) is 4.11. The maximum Gasteiger partial charge on any atom is 0.119 e. The predicted octanol–water partition coefficient (Wildman–Crippen LogP) is 4.03. The van der Waals surface area contributed by atoms with E-state index in [1.165, 1.54) is 10.9 Å². The number of para-hydroxylation sites is 1. The molecule has 0 spiro atoms. The standard InChI is InChI=1S/C20H25N3O/c1-20(2,3)15-8-10-16(11-9-15)24-13-12-21-14-19-17-6-4-5-7-18(17)22-23-19/h4-11,21H,12-14H2,1-3H3,(H,22,23). The fourth-order valence-electron chi connectivity index (χ4n) is 2.65. The van der Waals surface area contributed by atoms with Crippen molar-refractivity contribution in [2.75, 3.05) is 13.2 Å². The Labute approximate surface area is 143 Å². The zero-order valence-electron chi connectivity index (χ0n) is 14.6. The number of nitrogens with one attached hydrogen (secondary N) is 2. The Morgan fingerprint density at radius 1 is 1.04 bits per heavy atom. The Bertz CT molecular complexity index is 784. The molecular weight excluding hydrogens is 298 g/mol. The summed E-state index contributed by atoms with van der Waals surface area (Å²) in [6.07, 6.45) is 0. The van der Waals surface area contributed by atoms with Gasteiger partial charge in [-0.2, -0.15) is 5.10 Å². The van der Waals surface area contributed by atoms with Crippen molar-refractivity contribution in [1.82, 2.24) is 15.5 Å². The third kappa shape index (κ3) is 3.95. The first kappa shape index (κ1) is 16.5. The van der Waals surface area contributed by atoms with Crippen LogP contribution in [0.3, 0.4) is 0 Å². The van der Waals surface area contributed by atoms with Crippen molar-refractivity contribution in [2.45, 2.75) is 32.7 Å². The van der Waals surface area contributed by atoms with E-state index in [-0.39, 0.29) is 5.41 Å². The highest BCUT2D eigenvalue weighted by atomic mass is 16.5. The molecule has 0 fully saturated rings. The van der Waals surface area contributed by atoms with Crippen molar-refractivity contribution in [1.29, 1.82) is 0 Å². The number of nitrogens with zero attached hydrogens (tertiary/aromatic N) is 1. The molecule has 2 aromatic carbocycles. The van der Waals surface area contributed by atoms with E-state index in [1.807, 2.05) is 30.3 Å². The molecule has 0 saturated heterocycles. The molecule has 4 nitrogen and oxygen atoms in total. The van der Waals surface area contributed by atoms with Crippen LogP contribution < -0.4 is 10.1 Å². The van der Waals surface area contributed by atoms with E-state index < -0.39 is 0 Å². The molecule has 1 aromatic heterocycles. The molecule has 3 aromatic rings. The van der Waals surface area contributed by atoms with Crippen molar-refractivity contribution >= 4 is 10.9 Å². The second kappa shape index (κ2) is 7.05. The summed E-state index contributed by atoms with van der Waals surface area (Å²) in [5.41, 5.74) is 3.61. The monoisotopic (exact) mass is 323 g/mol. The van der Waals surface area contributed by atoms with Crippen LogP contribution >= 0.6 is 0 Å².